The van der Waals surface area contributed by atoms with Gasteiger partial charge in [-0.3, -0.25) is 9.59 Å². The summed E-state index contributed by atoms with van der Waals surface area (Å²) >= 11 is 3.18. The molecule has 0 saturated heterocycles. The Morgan fingerprint density at radius 1 is 0.368 bits per heavy atom. The molecule has 0 fully saturated rings. The largest absolute Gasteiger partial charge is 0.311 e. The van der Waals surface area contributed by atoms with Crippen LogP contribution in [0.4, 0.5) is 34.1 Å². The molecular weight excluding hydrogens is 981 g/mol. The third-order valence-corrected chi connectivity index (χ3v) is 15.9. The van der Waals surface area contributed by atoms with Crippen LogP contribution in [0.5, 0.6) is 0 Å². The van der Waals surface area contributed by atoms with Crippen LogP contribution in [0.3, 0.4) is 0 Å². The predicted molar refractivity (Wildman–Crippen MR) is 311 cm³/mol. The molecule has 2 aliphatic rings. The van der Waals surface area contributed by atoms with Crippen LogP contribution in [0.2, 0.25) is 0 Å². The Labute approximate surface area is 451 Å². The average Bonchev–Trinajstić information content (AvgIpc) is 4.43. The fourth-order valence-corrected chi connectivity index (χ4v) is 12.2. The average molecular weight is 1040 g/mol. The molecule has 0 atom stereocenters. The lowest BCUT2D eigenvalue weighted by Crippen LogP contribution is -2.30. The number of carbonyl (C=O) groups excluding carboxylic acids is 2. The fourth-order valence-electron chi connectivity index (χ4n) is 10.0. The fraction of sp³-hybridized carbons (Fsp3) is 0.194. The van der Waals surface area contributed by atoms with Gasteiger partial charge in [0.05, 0.1) is 32.3 Å². The third-order valence-electron chi connectivity index (χ3n) is 13.6. The first kappa shape index (κ1) is 50.9. The number of unbranched alkanes of at least 4 members (excludes halogenated alkanes) is 6. The van der Waals surface area contributed by atoms with Crippen LogP contribution >= 0.6 is 22.7 Å². The molecular formula is C62H56N10O2S2. The molecule has 2 aromatic heterocycles. The minimum absolute atomic E-state index is 0.165. The molecule has 12 nitrogen and oxygen atoms in total. The molecule has 0 saturated carbocycles. The van der Waals surface area contributed by atoms with E-state index in [2.05, 4.69) is 151 Å². The van der Waals surface area contributed by atoms with E-state index < -0.39 is 0 Å². The highest BCUT2D eigenvalue weighted by molar-refractivity contribution is 7.17. The molecule has 0 N–H and O–H groups in total. The summed E-state index contributed by atoms with van der Waals surface area (Å²) < 4.78 is 0. The van der Waals surface area contributed by atoms with Crippen molar-refractivity contribution in [2.75, 3.05) is 36.0 Å². The van der Waals surface area contributed by atoms with Gasteiger partial charge in [-0.2, -0.15) is 0 Å². The molecule has 378 valence electrons. The zero-order valence-electron chi connectivity index (χ0n) is 42.1. The molecule has 76 heavy (non-hydrogen) atoms. The van der Waals surface area contributed by atoms with Crippen molar-refractivity contribution in [2.45, 2.75) is 51.4 Å². The van der Waals surface area contributed by atoms with Crippen LogP contribution in [0.25, 0.3) is 53.2 Å². The molecule has 6 aromatic carbocycles. The van der Waals surface area contributed by atoms with Gasteiger partial charge in [0.1, 0.15) is 0 Å². The van der Waals surface area contributed by atoms with Gasteiger partial charge >= 0.3 is 0 Å². The summed E-state index contributed by atoms with van der Waals surface area (Å²) in [6, 6.07) is 66.7. The van der Waals surface area contributed by atoms with Gasteiger partial charge in [-0.05, 0) is 145 Å². The van der Waals surface area contributed by atoms with Crippen molar-refractivity contribution in [3.8, 4) is 20.9 Å². The van der Waals surface area contributed by atoms with Crippen LogP contribution in [0.1, 0.15) is 61.1 Å². The number of anilines is 6. The number of nitrogens with zero attached hydrogens (tertiary/aromatic N) is 10. The Balaban J connectivity index is 1.00. The number of hydrogen-bond donors (Lipinski definition) is 0. The molecule has 0 aliphatic carbocycles. The van der Waals surface area contributed by atoms with Gasteiger partial charge in [0.15, 0.2) is 0 Å². The second kappa shape index (κ2) is 24.6. The Kier molecular flexibility index (Phi) is 16.5. The number of thiophene rings is 2. The standard InChI is InChI=1S/C62H56N10O2S2/c63-67-65-41-17-1-3-19-43-69-59(55-39-37-53(75-55)45-29-33-51(34-30-45)71(47-21-9-5-10-22-47)48-23-11-6-12-24-48)57-58(61(69)73)60(70(62(57)74)44-20-4-2-18-42-66-68-64)56-40-38-54(76-56)46-31-35-52(36-32-46)72(49-25-13-7-14-26-49)50-27-15-8-16-28-50/h5-16,21-40H,1-4,17-20,41-44H2. The molecule has 0 bridgehead atoms. The first-order valence-corrected chi connectivity index (χ1v) is 27.5. The van der Waals surface area contributed by atoms with E-state index in [1.807, 2.05) is 82.6 Å². The van der Waals surface area contributed by atoms with Crippen molar-refractivity contribution < 1.29 is 9.59 Å². The van der Waals surface area contributed by atoms with E-state index in [0.717, 1.165) is 116 Å². The number of fused-ring (bicyclic) bond motifs is 1. The van der Waals surface area contributed by atoms with Crippen molar-refractivity contribution >= 4 is 80.0 Å². The second-order valence-corrected chi connectivity index (χ2v) is 20.7. The monoisotopic (exact) mass is 1040 g/mol. The number of hydrogen-bond acceptors (Lipinski definition) is 8. The van der Waals surface area contributed by atoms with Gasteiger partial charge in [-0.1, -0.05) is 133 Å². The number of azide groups is 2. The molecule has 2 aliphatic heterocycles. The van der Waals surface area contributed by atoms with E-state index in [9.17, 15) is 0 Å². The lowest BCUT2D eigenvalue weighted by atomic mass is 10.1. The summed E-state index contributed by atoms with van der Waals surface area (Å²) in [5.41, 5.74) is 28.2. The van der Waals surface area contributed by atoms with Crippen molar-refractivity contribution in [1.82, 2.24) is 9.80 Å². The minimum Gasteiger partial charge on any atom is -0.311 e. The highest BCUT2D eigenvalue weighted by Crippen LogP contribution is 2.50. The van der Waals surface area contributed by atoms with Gasteiger partial charge in [-0.25, -0.2) is 0 Å². The molecule has 4 heterocycles. The highest BCUT2D eigenvalue weighted by atomic mass is 32.1. The molecule has 0 spiro atoms. The number of benzene rings is 6. The third kappa shape index (κ3) is 11.2. The summed E-state index contributed by atoms with van der Waals surface area (Å²) in [6.45, 7) is 1.75. The van der Waals surface area contributed by atoms with Crippen LogP contribution in [0, 0.1) is 0 Å². The van der Waals surface area contributed by atoms with Crippen molar-refractivity contribution in [3.05, 3.63) is 236 Å². The van der Waals surface area contributed by atoms with Crippen LogP contribution in [-0.4, -0.2) is 47.8 Å². The van der Waals surface area contributed by atoms with Crippen LogP contribution in [-0.2, 0) is 9.59 Å². The van der Waals surface area contributed by atoms with Crippen LogP contribution in [0.15, 0.2) is 215 Å². The van der Waals surface area contributed by atoms with Crippen molar-refractivity contribution in [2.24, 2.45) is 10.2 Å². The summed E-state index contributed by atoms with van der Waals surface area (Å²) in [4.78, 5) is 48.3. The minimum atomic E-state index is -0.165. The first-order chi connectivity index (χ1) is 37.5. The van der Waals surface area contributed by atoms with E-state index in [1.54, 1.807) is 22.7 Å². The predicted octanol–water partition coefficient (Wildman–Crippen LogP) is 17.6. The Hall–Kier alpha value is -8.64. The highest BCUT2D eigenvalue weighted by Gasteiger charge is 2.49. The topological polar surface area (TPSA) is 145 Å². The van der Waals surface area contributed by atoms with E-state index in [0.29, 0.717) is 48.7 Å². The van der Waals surface area contributed by atoms with Crippen LogP contribution < -0.4 is 9.80 Å². The number of carbonyl (C=O) groups is 2. The van der Waals surface area contributed by atoms with Gasteiger partial charge in [0, 0.05) is 79.9 Å². The SMILES string of the molecule is [N-]=[N+]=NCCCCCCN1C(=O)C2=C(c3ccc(-c4ccc(N(c5ccccc5)c5ccccc5)cc4)s3)N(CCCCCCN=[N+]=[N-])C(=O)C2=C1c1ccc(-c2ccc(N(c3ccccc3)c3ccccc3)cc2)s1. The van der Waals surface area contributed by atoms with Crippen molar-refractivity contribution in [3.63, 3.8) is 0 Å². The number of para-hydroxylation sites is 4. The maximum atomic E-state index is 15.3. The van der Waals surface area contributed by atoms with E-state index >= 15 is 9.59 Å². The molecule has 14 heteroatoms. The zero-order valence-corrected chi connectivity index (χ0v) is 43.7. The normalized spacial score (nSPS) is 13.0. The lowest BCUT2D eigenvalue weighted by molar-refractivity contribution is -0.124. The van der Waals surface area contributed by atoms with Gasteiger partial charge < -0.3 is 19.6 Å². The van der Waals surface area contributed by atoms with Gasteiger partial charge in [0.2, 0.25) is 0 Å². The lowest BCUT2D eigenvalue weighted by Gasteiger charge is -2.25. The zero-order chi connectivity index (χ0) is 52.1. The Morgan fingerprint density at radius 3 is 1.00 bits per heavy atom. The van der Waals surface area contributed by atoms with E-state index in [1.165, 1.54) is 0 Å². The maximum Gasteiger partial charge on any atom is 0.261 e. The maximum absolute atomic E-state index is 15.3. The summed E-state index contributed by atoms with van der Waals surface area (Å²) in [5.74, 6) is -0.330. The number of amides is 2. The smallest absolute Gasteiger partial charge is 0.261 e. The van der Waals surface area contributed by atoms with Gasteiger partial charge in [-0.15, -0.1) is 22.7 Å². The Morgan fingerprint density at radius 2 is 0.671 bits per heavy atom. The number of rotatable bonds is 24. The molecule has 10 rings (SSSR count). The van der Waals surface area contributed by atoms with E-state index in [-0.39, 0.29) is 11.8 Å². The first-order valence-electron chi connectivity index (χ1n) is 25.9. The Bertz CT molecular complexity index is 3130. The molecule has 0 radical (unpaired) electrons. The molecule has 2 amide bonds. The van der Waals surface area contributed by atoms with Crippen molar-refractivity contribution in [1.29, 1.82) is 0 Å². The summed E-state index contributed by atoms with van der Waals surface area (Å²) in [6.07, 6.45) is 6.37. The van der Waals surface area contributed by atoms with E-state index in [4.69, 9.17) is 11.1 Å². The summed E-state index contributed by atoms with van der Waals surface area (Å²) in [5, 5.41) is 7.42. The second-order valence-electron chi connectivity index (χ2n) is 18.5. The van der Waals surface area contributed by atoms with Gasteiger partial charge in [0.25, 0.3) is 11.8 Å². The quantitative estimate of drug-likeness (QED) is 0.0257. The molecule has 0 unspecified atom stereocenters. The molecule has 8 aromatic rings. The summed E-state index contributed by atoms with van der Waals surface area (Å²) in [7, 11) is 0.